The zero-order valence-corrected chi connectivity index (χ0v) is 31.3. The Morgan fingerprint density at radius 2 is 1.52 bits per heavy atom. The molecule has 3 aromatic rings. The first-order chi connectivity index (χ1) is 25.0. The molecule has 0 fully saturated rings. The second-order valence-electron chi connectivity index (χ2n) is 13.0. The molecule has 1 unspecified atom stereocenters. The summed E-state index contributed by atoms with van der Waals surface area (Å²) in [4.78, 5) is 11.5. The Balaban J connectivity index is 1.84. The van der Waals surface area contributed by atoms with E-state index in [1.165, 1.54) is 31.2 Å². The third kappa shape index (κ3) is 10.2. The number of hydrogen-bond acceptors (Lipinski definition) is 10. The number of aliphatic carboxylic acids is 1. The SMILES string of the molecule is CC1(CCCCS(=O)(=O)O)/C(=C\C=C\c2oc3cc(S(=O)(=O)[O-])ccc3[n+]2CCCCCC(=O)O)N(CCCCS(=O)(=O)O)c2c(F)c(F)c(F)c(F)c21. The minimum absolute atomic E-state index is 0.00253. The summed E-state index contributed by atoms with van der Waals surface area (Å²) in [5.74, 6) is -9.91. The van der Waals surface area contributed by atoms with Crippen LogP contribution in [0.5, 0.6) is 0 Å². The van der Waals surface area contributed by atoms with Crippen LogP contribution in [0.1, 0.15) is 76.2 Å². The molecule has 3 N–H and O–H groups in total. The van der Waals surface area contributed by atoms with E-state index in [0.29, 0.717) is 24.8 Å². The van der Waals surface area contributed by atoms with Crippen molar-refractivity contribution >= 4 is 59.2 Å². The Morgan fingerprint density at radius 3 is 2.13 bits per heavy atom. The van der Waals surface area contributed by atoms with Gasteiger partial charge in [0.15, 0.2) is 29.8 Å². The number of halogens is 4. The van der Waals surface area contributed by atoms with Crippen molar-refractivity contribution in [3.05, 3.63) is 70.8 Å². The highest BCUT2D eigenvalue weighted by molar-refractivity contribution is 7.86. The fraction of sp³-hybridized carbons (Fsp3) is 0.455. The monoisotopic (exact) mass is 826 g/mol. The minimum Gasteiger partial charge on any atom is -0.744 e. The van der Waals surface area contributed by atoms with Gasteiger partial charge < -0.3 is 19.0 Å². The first-order valence-corrected chi connectivity index (χ1v) is 21.2. The molecule has 0 aliphatic carbocycles. The number of anilines is 1. The number of carbonyl (C=O) groups is 1. The molecule has 4 rings (SSSR count). The average molecular weight is 827 g/mol. The minimum atomic E-state index is -4.87. The fourth-order valence-electron chi connectivity index (χ4n) is 6.54. The summed E-state index contributed by atoms with van der Waals surface area (Å²) in [5, 5.41) is 8.96. The van der Waals surface area contributed by atoms with Crippen molar-refractivity contribution in [2.24, 2.45) is 0 Å². The third-order valence-corrected chi connectivity index (χ3v) is 11.5. The smallest absolute Gasteiger partial charge is 0.374 e. The van der Waals surface area contributed by atoms with Crippen LogP contribution in [0.4, 0.5) is 23.2 Å². The van der Waals surface area contributed by atoms with Gasteiger partial charge in [-0.1, -0.05) is 12.5 Å². The number of aryl methyl sites for hydroxylation is 1. The van der Waals surface area contributed by atoms with Crippen LogP contribution in [0.15, 0.2) is 45.4 Å². The van der Waals surface area contributed by atoms with E-state index in [4.69, 9.17) is 9.52 Å². The lowest BCUT2D eigenvalue weighted by atomic mass is 9.76. The van der Waals surface area contributed by atoms with Crippen molar-refractivity contribution in [2.75, 3.05) is 23.0 Å². The Morgan fingerprint density at radius 1 is 0.889 bits per heavy atom. The number of rotatable bonds is 19. The molecule has 1 aliphatic rings. The molecular formula is C33H38F4N2O12S3. The van der Waals surface area contributed by atoms with E-state index < -0.39 is 92.7 Å². The van der Waals surface area contributed by atoms with Gasteiger partial charge in [-0.15, -0.1) is 0 Å². The summed E-state index contributed by atoms with van der Waals surface area (Å²) in [6.07, 6.45) is 4.69. The number of oxazole rings is 1. The van der Waals surface area contributed by atoms with Gasteiger partial charge in [-0.05, 0) is 57.6 Å². The molecule has 21 heteroatoms. The number of benzene rings is 2. The lowest BCUT2D eigenvalue weighted by Gasteiger charge is -2.30. The number of allylic oxidation sites excluding steroid dienone is 3. The van der Waals surface area contributed by atoms with Gasteiger partial charge in [0, 0.05) is 48.2 Å². The fourth-order valence-corrected chi connectivity index (χ4v) is 8.16. The predicted octanol–water partition coefficient (Wildman–Crippen LogP) is 5.23. The highest BCUT2D eigenvalue weighted by Gasteiger charge is 2.49. The van der Waals surface area contributed by atoms with E-state index in [0.717, 1.165) is 17.0 Å². The Hall–Kier alpha value is -3.89. The summed E-state index contributed by atoms with van der Waals surface area (Å²) in [7, 11) is -13.7. The van der Waals surface area contributed by atoms with E-state index in [2.05, 4.69) is 0 Å². The molecule has 14 nitrogen and oxygen atoms in total. The number of aromatic nitrogens is 1. The molecule has 0 bridgehead atoms. The molecule has 0 amide bonds. The van der Waals surface area contributed by atoms with Gasteiger partial charge in [-0.3, -0.25) is 13.9 Å². The topological polar surface area (TPSA) is 223 Å². The second kappa shape index (κ2) is 16.9. The molecule has 1 aliphatic heterocycles. The van der Waals surface area contributed by atoms with Gasteiger partial charge in [0.05, 0.1) is 28.2 Å². The lowest BCUT2D eigenvalue weighted by Crippen LogP contribution is -2.35. The number of carboxylic acids is 1. The van der Waals surface area contributed by atoms with Crippen LogP contribution in [-0.4, -0.2) is 68.0 Å². The highest BCUT2D eigenvalue weighted by Crippen LogP contribution is 2.54. The number of carboxylic acid groups (broad SMARTS) is 1. The van der Waals surface area contributed by atoms with Crippen LogP contribution in [0.25, 0.3) is 17.2 Å². The Bertz CT molecular complexity index is 2310. The van der Waals surface area contributed by atoms with Gasteiger partial charge in [0.2, 0.25) is 5.58 Å². The van der Waals surface area contributed by atoms with Gasteiger partial charge in [0.1, 0.15) is 10.1 Å². The van der Waals surface area contributed by atoms with E-state index in [9.17, 15) is 52.5 Å². The van der Waals surface area contributed by atoms with E-state index in [1.54, 1.807) is 4.57 Å². The van der Waals surface area contributed by atoms with Crippen LogP contribution in [0, 0.1) is 23.3 Å². The van der Waals surface area contributed by atoms with Crippen molar-refractivity contribution in [3.63, 3.8) is 0 Å². The van der Waals surface area contributed by atoms with Gasteiger partial charge in [-0.25, -0.2) is 26.0 Å². The Kier molecular flexibility index (Phi) is 13.4. The van der Waals surface area contributed by atoms with Crippen molar-refractivity contribution in [1.29, 1.82) is 0 Å². The average Bonchev–Trinajstić information content (AvgIpc) is 3.53. The summed E-state index contributed by atoms with van der Waals surface area (Å²) >= 11 is 0. The second-order valence-corrected chi connectivity index (χ2v) is 17.5. The molecule has 0 saturated heterocycles. The molecule has 0 spiro atoms. The van der Waals surface area contributed by atoms with Crippen LogP contribution < -0.4 is 9.47 Å². The third-order valence-electron chi connectivity index (χ3n) is 9.04. The molecule has 2 heterocycles. The first-order valence-electron chi connectivity index (χ1n) is 16.6. The molecule has 2 aromatic carbocycles. The van der Waals surface area contributed by atoms with Crippen LogP contribution in [0.2, 0.25) is 0 Å². The standard InChI is InChI=1S/C33H38F4N2O12S3/c1-33(15-4-7-18-52(42,43)44)24(39(17-6-8-19-53(45,46)47)32-27(33)28(34)29(35)30(36)31(32)37)10-9-11-25-38(16-5-2-3-12-26(40)41)22-14-13-21(54(48,49)50)20-23(22)51-25/h9-11,13-14,20H,2-8,12,15-19H2,1H3,(H3-,40,41,42,43,44,45,46,47,48,49,50). The maximum Gasteiger partial charge on any atom is 0.374 e. The first kappa shape index (κ1) is 42.8. The maximum atomic E-state index is 15.7. The van der Waals surface area contributed by atoms with E-state index in [-0.39, 0.29) is 68.8 Å². The van der Waals surface area contributed by atoms with E-state index in [1.807, 2.05) is 0 Å². The zero-order valence-electron chi connectivity index (χ0n) is 28.8. The molecule has 1 atom stereocenters. The number of fused-ring (bicyclic) bond motifs is 2. The molecule has 0 radical (unpaired) electrons. The molecule has 54 heavy (non-hydrogen) atoms. The van der Waals surface area contributed by atoms with Gasteiger partial charge in [0.25, 0.3) is 25.8 Å². The summed E-state index contributed by atoms with van der Waals surface area (Å²) in [6, 6.07) is 3.45. The van der Waals surface area contributed by atoms with Crippen LogP contribution >= 0.6 is 0 Å². The largest absolute Gasteiger partial charge is 0.744 e. The Labute approximate surface area is 309 Å². The van der Waals surface area contributed by atoms with Gasteiger partial charge >= 0.3 is 11.9 Å². The zero-order chi connectivity index (χ0) is 40.2. The molecule has 298 valence electrons. The van der Waals surface area contributed by atoms with Crippen molar-refractivity contribution < 1.29 is 75.4 Å². The molecule has 1 aromatic heterocycles. The number of unbranched alkanes of at least 4 members (excludes halogenated alkanes) is 4. The highest BCUT2D eigenvalue weighted by atomic mass is 32.2. The van der Waals surface area contributed by atoms with Gasteiger partial charge in [-0.2, -0.15) is 21.4 Å². The van der Waals surface area contributed by atoms with Crippen molar-refractivity contribution in [1.82, 2.24) is 0 Å². The summed E-state index contributed by atoms with van der Waals surface area (Å²) in [6.45, 7) is 1.34. The van der Waals surface area contributed by atoms with Crippen molar-refractivity contribution in [2.45, 2.75) is 81.6 Å². The normalized spacial score (nSPS) is 17.3. The van der Waals surface area contributed by atoms with E-state index >= 15 is 8.78 Å². The predicted molar refractivity (Wildman–Crippen MR) is 184 cm³/mol. The van der Waals surface area contributed by atoms with Crippen LogP contribution in [0.3, 0.4) is 0 Å². The quantitative estimate of drug-likeness (QED) is 0.0352. The summed E-state index contributed by atoms with van der Waals surface area (Å²) < 4.78 is 167. The van der Waals surface area contributed by atoms with Crippen LogP contribution in [-0.2, 0) is 47.1 Å². The lowest BCUT2D eigenvalue weighted by molar-refractivity contribution is -0.678. The summed E-state index contributed by atoms with van der Waals surface area (Å²) in [5.41, 5.74) is -2.54. The molecule has 0 saturated carbocycles. The number of nitrogens with zero attached hydrogens (tertiary/aromatic N) is 2. The maximum absolute atomic E-state index is 15.7. The van der Waals surface area contributed by atoms with Crippen molar-refractivity contribution in [3.8, 4) is 0 Å². The number of hydrogen-bond donors (Lipinski definition) is 3. The molecular weight excluding hydrogens is 789 g/mol.